The van der Waals surface area contributed by atoms with E-state index >= 15 is 0 Å². The molecule has 0 amide bonds. The summed E-state index contributed by atoms with van der Waals surface area (Å²) in [5, 5.41) is 0. The SMILES string of the molecule is C=C/C=C(\C=C/C)c1nc(C(/C=C\C)=C/CC)nc(-c2ccccc2)n1. The number of hydrogen-bond donors (Lipinski definition) is 0. The summed E-state index contributed by atoms with van der Waals surface area (Å²) in [4.78, 5) is 14.2. The third-order valence-corrected chi connectivity index (χ3v) is 3.60. The molecule has 132 valence electrons. The molecule has 2 aromatic rings. The Morgan fingerprint density at radius 3 is 2.12 bits per heavy atom. The van der Waals surface area contributed by atoms with E-state index in [0.29, 0.717) is 17.5 Å². The summed E-state index contributed by atoms with van der Waals surface area (Å²) in [5.74, 6) is 1.98. The summed E-state index contributed by atoms with van der Waals surface area (Å²) >= 11 is 0. The Morgan fingerprint density at radius 2 is 1.54 bits per heavy atom. The van der Waals surface area contributed by atoms with Crippen LogP contribution in [0, 0.1) is 0 Å². The molecule has 0 unspecified atom stereocenters. The van der Waals surface area contributed by atoms with E-state index < -0.39 is 0 Å². The smallest absolute Gasteiger partial charge is 0.164 e. The highest BCUT2D eigenvalue weighted by molar-refractivity contribution is 5.75. The minimum Gasteiger partial charge on any atom is -0.208 e. The molecule has 0 aliphatic carbocycles. The van der Waals surface area contributed by atoms with Crippen LogP contribution in [0.25, 0.3) is 22.5 Å². The maximum atomic E-state index is 4.72. The maximum Gasteiger partial charge on any atom is 0.164 e. The molecule has 0 N–H and O–H groups in total. The lowest BCUT2D eigenvalue weighted by molar-refractivity contribution is 1.00. The fraction of sp³-hybridized carbons (Fsp3) is 0.174. The van der Waals surface area contributed by atoms with Crippen LogP contribution >= 0.6 is 0 Å². The Morgan fingerprint density at radius 1 is 0.923 bits per heavy atom. The van der Waals surface area contributed by atoms with Crippen LogP contribution in [-0.4, -0.2) is 15.0 Å². The van der Waals surface area contributed by atoms with E-state index in [1.165, 1.54) is 0 Å². The molecular weight excluding hydrogens is 318 g/mol. The molecule has 3 heteroatoms. The van der Waals surface area contributed by atoms with Crippen LogP contribution in [0.3, 0.4) is 0 Å². The maximum absolute atomic E-state index is 4.72. The number of nitrogens with zero attached hydrogens (tertiary/aromatic N) is 3. The minimum absolute atomic E-state index is 0.637. The number of hydrogen-bond acceptors (Lipinski definition) is 3. The lowest BCUT2D eigenvalue weighted by Gasteiger charge is -2.09. The molecule has 0 bridgehead atoms. The lowest BCUT2D eigenvalue weighted by Crippen LogP contribution is -2.04. The zero-order valence-electron chi connectivity index (χ0n) is 15.7. The first-order valence-electron chi connectivity index (χ1n) is 8.84. The Balaban J connectivity index is 2.72. The van der Waals surface area contributed by atoms with Crippen LogP contribution in [0.5, 0.6) is 0 Å². The largest absolute Gasteiger partial charge is 0.208 e. The van der Waals surface area contributed by atoms with Crippen molar-refractivity contribution in [3.63, 3.8) is 0 Å². The van der Waals surface area contributed by atoms with Crippen molar-refractivity contribution in [1.29, 1.82) is 0 Å². The van der Waals surface area contributed by atoms with Crippen LogP contribution in [0.4, 0.5) is 0 Å². The number of benzene rings is 1. The van der Waals surface area contributed by atoms with E-state index in [9.17, 15) is 0 Å². The van der Waals surface area contributed by atoms with E-state index in [1.54, 1.807) is 6.08 Å². The summed E-state index contributed by atoms with van der Waals surface area (Å²) in [6, 6.07) is 9.97. The molecule has 1 aromatic heterocycles. The molecule has 2 rings (SSSR count). The summed E-state index contributed by atoms with van der Waals surface area (Å²) < 4.78 is 0. The van der Waals surface area contributed by atoms with Crippen molar-refractivity contribution >= 4 is 11.1 Å². The van der Waals surface area contributed by atoms with Crippen molar-refractivity contribution in [2.24, 2.45) is 0 Å². The average Bonchev–Trinajstić information content (AvgIpc) is 2.68. The Bertz CT molecular complexity index is 856. The standard InChI is InChI=1S/C23H25N3/c1-5-12-18(13-6-2)21-24-22(19(14-7-3)15-8-4)26-23(25-21)20-16-10-9-11-17-20/h5-7,9-17H,1,8H2,2-4H3/b13-6-,14-7-,18-12+,19-15+. The van der Waals surface area contributed by atoms with Gasteiger partial charge in [0.05, 0.1) is 0 Å². The fourth-order valence-electron chi connectivity index (χ4n) is 2.49. The molecular formula is C23H25N3. The van der Waals surface area contributed by atoms with Crippen LogP contribution in [-0.2, 0) is 0 Å². The van der Waals surface area contributed by atoms with Gasteiger partial charge in [-0.2, -0.15) is 0 Å². The third kappa shape index (κ3) is 4.96. The van der Waals surface area contributed by atoms with Gasteiger partial charge in [0, 0.05) is 16.7 Å². The first kappa shape index (κ1) is 19.3. The molecule has 0 aliphatic rings. The molecule has 1 heterocycles. The van der Waals surface area contributed by atoms with Crippen LogP contribution in [0.2, 0.25) is 0 Å². The van der Waals surface area contributed by atoms with Gasteiger partial charge >= 0.3 is 0 Å². The summed E-state index contributed by atoms with van der Waals surface area (Å²) in [6.45, 7) is 9.87. The molecule has 0 radical (unpaired) electrons. The Kier molecular flexibility index (Phi) is 7.44. The molecule has 0 aliphatic heterocycles. The number of aromatic nitrogens is 3. The highest BCUT2D eigenvalue weighted by Gasteiger charge is 2.12. The van der Waals surface area contributed by atoms with Crippen LogP contribution in [0.15, 0.2) is 79.4 Å². The van der Waals surface area contributed by atoms with Crippen molar-refractivity contribution < 1.29 is 0 Å². The molecule has 3 nitrogen and oxygen atoms in total. The van der Waals surface area contributed by atoms with Gasteiger partial charge in [-0.05, 0) is 20.3 Å². The summed E-state index contributed by atoms with van der Waals surface area (Å²) in [6.07, 6.45) is 14.7. The number of allylic oxidation sites excluding steroid dienone is 9. The molecule has 0 spiro atoms. The topological polar surface area (TPSA) is 38.7 Å². The zero-order chi connectivity index (χ0) is 18.8. The van der Waals surface area contributed by atoms with Gasteiger partial charge in [0.2, 0.25) is 0 Å². The molecule has 0 saturated carbocycles. The Hall–Kier alpha value is -3.07. The van der Waals surface area contributed by atoms with Crippen molar-refractivity contribution in [3.8, 4) is 11.4 Å². The molecule has 0 saturated heterocycles. The monoisotopic (exact) mass is 343 g/mol. The highest BCUT2D eigenvalue weighted by Crippen LogP contribution is 2.22. The predicted molar refractivity (Wildman–Crippen MR) is 111 cm³/mol. The van der Waals surface area contributed by atoms with Gasteiger partial charge in [-0.15, -0.1) is 0 Å². The lowest BCUT2D eigenvalue weighted by atomic mass is 10.1. The second kappa shape index (κ2) is 10.0. The van der Waals surface area contributed by atoms with Crippen molar-refractivity contribution in [2.45, 2.75) is 27.2 Å². The molecule has 0 fully saturated rings. The molecule has 26 heavy (non-hydrogen) atoms. The van der Waals surface area contributed by atoms with Gasteiger partial charge in [-0.3, -0.25) is 0 Å². The number of rotatable bonds is 7. The highest BCUT2D eigenvalue weighted by atomic mass is 15.0. The fourth-order valence-corrected chi connectivity index (χ4v) is 2.49. The Labute approximate surface area is 156 Å². The summed E-state index contributed by atoms with van der Waals surface area (Å²) in [5.41, 5.74) is 2.86. The second-order valence-electron chi connectivity index (χ2n) is 5.60. The van der Waals surface area contributed by atoms with Crippen LogP contribution < -0.4 is 0 Å². The molecule has 0 atom stereocenters. The molecule has 1 aromatic carbocycles. The van der Waals surface area contributed by atoms with Crippen molar-refractivity contribution in [1.82, 2.24) is 15.0 Å². The average molecular weight is 343 g/mol. The predicted octanol–water partition coefficient (Wildman–Crippen LogP) is 6.05. The van der Waals surface area contributed by atoms with Gasteiger partial charge in [0.1, 0.15) is 0 Å². The quantitative estimate of drug-likeness (QED) is 0.574. The van der Waals surface area contributed by atoms with Crippen molar-refractivity contribution in [2.75, 3.05) is 0 Å². The van der Waals surface area contributed by atoms with Crippen molar-refractivity contribution in [3.05, 3.63) is 91.1 Å². The van der Waals surface area contributed by atoms with E-state index in [1.807, 2.05) is 74.6 Å². The third-order valence-electron chi connectivity index (χ3n) is 3.60. The van der Waals surface area contributed by atoms with E-state index in [2.05, 4.69) is 19.6 Å². The van der Waals surface area contributed by atoms with E-state index in [4.69, 9.17) is 15.0 Å². The van der Waals surface area contributed by atoms with Gasteiger partial charge in [0.15, 0.2) is 17.5 Å². The van der Waals surface area contributed by atoms with Gasteiger partial charge in [-0.1, -0.05) is 86.4 Å². The zero-order valence-corrected chi connectivity index (χ0v) is 15.7. The first-order valence-corrected chi connectivity index (χ1v) is 8.84. The minimum atomic E-state index is 0.637. The van der Waals surface area contributed by atoms with E-state index in [-0.39, 0.29) is 0 Å². The van der Waals surface area contributed by atoms with E-state index in [0.717, 1.165) is 23.1 Å². The van der Waals surface area contributed by atoms with Gasteiger partial charge < -0.3 is 0 Å². The van der Waals surface area contributed by atoms with Crippen LogP contribution in [0.1, 0.15) is 38.8 Å². The van der Waals surface area contributed by atoms with Gasteiger partial charge in [0.25, 0.3) is 0 Å². The van der Waals surface area contributed by atoms with Gasteiger partial charge in [-0.25, -0.2) is 15.0 Å². The summed E-state index contributed by atoms with van der Waals surface area (Å²) in [7, 11) is 0. The first-order chi connectivity index (χ1) is 12.7. The second-order valence-corrected chi connectivity index (χ2v) is 5.60. The normalized spacial score (nSPS) is 12.9.